The van der Waals surface area contributed by atoms with Crippen LogP contribution in [-0.2, 0) is 14.6 Å². The summed E-state index contributed by atoms with van der Waals surface area (Å²) in [6, 6.07) is 6.06. The number of anilines is 1. The number of fused-ring (bicyclic) bond motifs is 1. The Kier molecular flexibility index (Phi) is 4.23. The van der Waals surface area contributed by atoms with Crippen molar-refractivity contribution in [3.05, 3.63) is 23.8 Å². The van der Waals surface area contributed by atoms with Crippen molar-refractivity contribution in [3.8, 4) is 11.8 Å². The Labute approximate surface area is 121 Å². The fourth-order valence-electron chi connectivity index (χ4n) is 1.81. The van der Waals surface area contributed by atoms with E-state index in [1.54, 1.807) is 6.07 Å². The molecule has 2 rings (SSSR count). The van der Waals surface area contributed by atoms with E-state index in [1.165, 1.54) is 18.2 Å². The van der Waals surface area contributed by atoms with E-state index in [0.717, 1.165) is 0 Å². The number of hydrogen-bond donors (Lipinski definition) is 1. The van der Waals surface area contributed by atoms with Gasteiger partial charge >= 0.3 is 0 Å². The van der Waals surface area contributed by atoms with Gasteiger partial charge in [-0.3, -0.25) is 9.59 Å². The molecule has 21 heavy (non-hydrogen) atoms. The average Bonchev–Trinajstić information content (AvgIpc) is 2.44. The van der Waals surface area contributed by atoms with Gasteiger partial charge in [-0.05, 0) is 18.2 Å². The minimum absolute atomic E-state index is 0.0944. The first kappa shape index (κ1) is 15.0. The number of sulfone groups is 1. The Hall–Kier alpha value is -2.40. The van der Waals surface area contributed by atoms with E-state index in [0.29, 0.717) is 11.4 Å². The summed E-state index contributed by atoms with van der Waals surface area (Å²) in [6.07, 6.45) is -0.149. The molecule has 1 aliphatic heterocycles. The second-order valence-corrected chi connectivity index (χ2v) is 6.66. The third kappa shape index (κ3) is 3.79. The molecule has 0 aliphatic carbocycles. The molecule has 1 heterocycles. The minimum atomic E-state index is -3.61. The molecule has 1 aliphatic rings. The molecule has 0 atom stereocenters. The average molecular weight is 308 g/mol. The van der Waals surface area contributed by atoms with Crippen LogP contribution in [0.15, 0.2) is 18.2 Å². The highest BCUT2D eigenvalue weighted by Gasteiger charge is 2.21. The molecular formula is C13H12N2O5S. The quantitative estimate of drug-likeness (QED) is 0.794. The van der Waals surface area contributed by atoms with Gasteiger partial charge in [0, 0.05) is 12.0 Å². The van der Waals surface area contributed by atoms with Crippen LogP contribution in [0, 0.1) is 11.3 Å². The van der Waals surface area contributed by atoms with E-state index in [-0.39, 0.29) is 30.3 Å². The van der Waals surface area contributed by atoms with Crippen molar-refractivity contribution < 1.29 is 22.7 Å². The first-order valence-electron chi connectivity index (χ1n) is 6.08. The Morgan fingerprint density at radius 2 is 2.19 bits per heavy atom. The van der Waals surface area contributed by atoms with Crippen LogP contribution in [0.2, 0.25) is 0 Å². The SMILES string of the molecule is N#CCCS(=O)(=O)CC(=O)c1ccc2c(c1)NC(=O)CO2. The number of ether oxygens (including phenoxy) is 1. The standard InChI is InChI=1S/C13H12N2O5S/c14-4-1-5-21(18,19)8-11(16)9-2-3-12-10(6-9)15-13(17)7-20-12/h2-3,6H,1,5,7-8H2,(H,15,17). The van der Waals surface area contributed by atoms with E-state index >= 15 is 0 Å². The monoisotopic (exact) mass is 308 g/mol. The van der Waals surface area contributed by atoms with Crippen LogP contribution in [0.5, 0.6) is 5.75 Å². The smallest absolute Gasteiger partial charge is 0.262 e. The van der Waals surface area contributed by atoms with Crippen LogP contribution in [0.1, 0.15) is 16.8 Å². The molecular weight excluding hydrogens is 296 g/mol. The Bertz CT molecular complexity index is 733. The number of ketones is 1. The van der Waals surface area contributed by atoms with Gasteiger partial charge in [0.2, 0.25) is 0 Å². The molecule has 110 valence electrons. The van der Waals surface area contributed by atoms with E-state index in [4.69, 9.17) is 10.00 Å². The van der Waals surface area contributed by atoms with E-state index in [1.807, 2.05) is 0 Å². The number of nitriles is 1. The summed E-state index contributed by atoms with van der Waals surface area (Å²) in [6.45, 7) is -0.0944. The first-order chi connectivity index (χ1) is 9.91. The zero-order valence-corrected chi connectivity index (χ0v) is 11.8. The number of benzene rings is 1. The number of rotatable bonds is 5. The summed E-state index contributed by atoms with van der Waals surface area (Å²) in [4.78, 5) is 23.2. The fourth-order valence-corrected chi connectivity index (χ4v) is 2.93. The summed E-state index contributed by atoms with van der Waals surface area (Å²) in [5.74, 6) is -1.51. The molecule has 0 bridgehead atoms. The molecule has 0 spiro atoms. The molecule has 0 fully saturated rings. The normalized spacial score (nSPS) is 13.6. The van der Waals surface area contributed by atoms with Crippen molar-refractivity contribution in [2.24, 2.45) is 0 Å². The summed E-state index contributed by atoms with van der Waals surface area (Å²) < 4.78 is 28.4. The van der Waals surface area contributed by atoms with Crippen LogP contribution in [0.3, 0.4) is 0 Å². The second kappa shape index (κ2) is 5.93. The largest absolute Gasteiger partial charge is 0.482 e. The molecule has 1 aromatic carbocycles. The maximum atomic E-state index is 12.0. The molecule has 0 aromatic heterocycles. The lowest BCUT2D eigenvalue weighted by Crippen LogP contribution is -2.26. The highest BCUT2D eigenvalue weighted by molar-refractivity contribution is 7.92. The summed E-state index contributed by atoms with van der Waals surface area (Å²) >= 11 is 0. The van der Waals surface area contributed by atoms with Gasteiger partial charge in [0.15, 0.2) is 22.2 Å². The lowest BCUT2D eigenvalue weighted by molar-refractivity contribution is -0.118. The minimum Gasteiger partial charge on any atom is -0.482 e. The van der Waals surface area contributed by atoms with Gasteiger partial charge in [-0.2, -0.15) is 5.26 Å². The molecule has 0 saturated carbocycles. The van der Waals surface area contributed by atoms with Crippen molar-refractivity contribution in [2.75, 3.05) is 23.4 Å². The van der Waals surface area contributed by atoms with Gasteiger partial charge in [-0.1, -0.05) is 0 Å². The number of Topliss-reactive ketones (excluding diaryl/α,β-unsaturated/α-hetero) is 1. The van der Waals surface area contributed by atoms with E-state index in [2.05, 4.69) is 5.32 Å². The zero-order chi connectivity index (χ0) is 15.5. The number of hydrogen-bond acceptors (Lipinski definition) is 6. The molecule has 0 radical (unpaired) electrons. The number of nitrogens with one attached hydrogen (secondary N) is 1. The predicted molar refractivity (Wildman–Crippen MR) is 73.8 cm³/mol. The van der Waals surface area contributed by atoms with Gasteiger partial charge in [0.25, 0.3) is 5.91 Å². The van der Waals surface area contributed by atoms with Gasteiger partial charge in [0.1, 0.15) is 11.5 Å². The molecule has 1 N–H and O–H groups in total. The van der Waals surface area contributed by atoms with Crippen LogP contribution in [-0.4, -0.2) is 38.2 Å². The van der Waals surface area contributed by atoms with Crippen molar-refractivity contribution in [2.45, 2.75) is 6.42 Å². The summed E-state index contributed by atoms with van der Waals surface area (Å²) in [7, 11) is -3.61. The lowest BCUT2D eigenvalue weighted by Gasteiger charge is -2.18. The third-order valence-corrected chi connectivity index (χ3v) is 4.34. The number of carbonyl (C=O) groups is 2. The van der Waals surface area contributed by atoms with Crippen molar-refractivity contribution in [1.82, 2.24) is 0 Å². The highest BCUT2D eigenvalue weighted by atomic mass is 32.2. The molecule has 1 amide bonds. The number of nitrogens with zero attached hydrogens (tertiary/aromatic N) is 1. The van der Waals surface area contributed by atoms with Crippen LogP contribution < -0.4 is 10.1 Å². The van der Waals surface area contributed by atoms with Gasteiger partial charge < -0.3 is 10.1 Å². The maximum absolute atomic E-state index is 12.0. The summed E-state index contributed by atoms with van der Waals surface area (Å²) in [5.41, 5.74) is 0.506. The molecule has 0 saturated heterocycles. The van der Waals surface area contributed by atoms with Gasteiger partial charge in [0.05, 0.1) is 17.5 Å². The van der Waals surface area contributed by atoms with E-state index < -0.39 is 21.4 Å². The van der Waals surface area contributed by atoms with Crippen molar-refractivity contribution in [1.29, 1.82) is 5.26 Å². The maximum Gasteiger partial charge on any atom is 0.262 e. The third-order valence-electron chi connectivity index (χ3n) is 2.81. The highest BCUT2D eigenvalue weighted by Crippen LogP contribution is 2.28. The Balaban J connectivity index is 2.15. The summed E-state index contributed by atoms with van der Waals surface area (Å²) in [5, 5.41) is 10.9. The topological polar surface area (TPSA) is 113 Å². The zero-order valence-electron chi connectivity index (χ0n) is 11.0. The van der Waals surface area contributed by atoms with Gasteiger partial charge in [-0.15, -0.1) is 0 Å². The Morgan fingerprint density at radius 1 is 1.43 bits per heavy atom. The lowest BCUT2D eigenvalue weighted by atomic mass is 10.1. The Morgan fingerprint density at radius 3 is 2.90 bits per heavy atom. The van der Waals surface area contributed by atoms with Crippen molar-refractivity contribution in [3.63, 3.8) is 0 Å². The molecule has 8 heteroatoms. The number of carbonyl (C=O) groups excluding carboxylic acids is 2. The van der Waals surface area contributed by atoms with E-state index in [9.17, 15) is 18.0 Å². The molecule has 1 aromatic rings. The predicted octanol–water partition coefficient (Wildman–Crippen LogP) is 0.529. The van der Waals surface area contributed by atoms with Crippen molar-refractivity contribution >= 4 is 27.2 Å². The molecule has 0 unspecified atom stereocenters. The van der Waals surface area contributed by atoms with Gasteiger partial charge in [-0.25, -0.2) is 8.42 Å². The van der Waals surface area contributed by atoms with Crippen LogP contribution in [0.4, 0.5) is 5.69 Å². The molecule has 7 nitrogen and oxygen atoms in total. The number of amides is 1. The fraction of sp³-hybridized carbons (Fsp3) is 0.308. The van der Waals surface area contributed by atoms with Crippen LogP contribution in [0.25, 0.3) is 0 Å². The first-order valence-corrected chi connectivity index (χ1v) is 7.91. The van der Waals surface area contributed by atoms with Crippen LogP contribution >= 0.6 is 0 Å². The second-order valence-electron chi connectivity index (χ2n) is 4.47.